The number of halogens is 2. The molecule has 0 aliphatic heterocycles. The van der Waals surface area contributed by atoms with Crippen LogP contribution < -0.4 is 5.32 Å². The Morgan fingerprint density at radius 2 is 2.23 bits per heavy atom. The summed E-state index contributed by atoms with van der Waals surface area (Å²) in [7, 11) is 2.03. The van der Waals surface area contributed by atoms with E-state index in [1.807, 2.05) is 7.05 Å². The third kappa shape index (κ3) is 1.90. The van der Waals surface area contributed by atoms with E-state index < -0.39 is 0 Å². The average molecular weight is 263 g/mol. The van der Waals surface area contributed by atoms with Crippen molar-refractivity contribution in [2.45, 2.75) is 18.9 Å². The van der Waals surface area contributed by atoms with Gasteiger partial charge in [-0.05, 0) is 37.1 Å². The van der Waals surface area contributed by atoms with E-state index in [4.69, 9.17) is 0 Å². The minimum Gasteiger partial charge on any atom is -0.313 e. The smallest absolute Gasteiger partial charge is 0.0323 e. The Kier molecular flexibility index (Phi) is 3.77. The molecule has 3 heteroatoms. The summed E-state index contributed by atoms with van der Waals surface area (Å²) in [4.78, 5) is 0. The SMILES string of the molecule is CNC1CCc2c(Br)cccc21.Cl. The first-order valence-electron chi connectivity index (χ1n) is 4.27. The molecule has 2 rings (SSSR count). The predicted octanol–water partition coefficient (Wildman–Crippen LogP) is 3.08. The van der Waals surface area contributed by atoms with Gasteiger partial charge >= 0.3 is 0 Å². The second-order valence-electron chi connectivity index (χ2n) is 3.19. The maximum absolute atomic E-state index is 3.58. The van der Waals surface area contributed by atoms with Crippen LogP contribution in [0, 0.1) is 0 Å². The number of rotatable bonds is 1. The van der Waals surface area contributed by atoms with Gasteiger partial charge in [0.2, 0.25) is 0 Å². The average Bonchev–Trinajstić information content (AvgIpc) is 2.49. The van der Waals surface area contributed by atoms with Gasteiger partial charge in [0.1, 0.15) is 0 Å². The minimum absolute atomic E-state index is 0. The van der Waals surface area contributed by atoms with Crippen molar-refractivity contribution in [2.75, 3.05) is 7.05 Å². The summed E-state index contributed by atoms with van der Waals surface area (Å²) in [6.07, 6.45) is 2.43. The molecular weight excluding hydrogens is 249 g/mol. The normalized spacial score (nSPS) is 19.4. The number of nitrogens with one attached hydrogen (secondary N) is 1. The number of hydrogen-bond acceptors (Lipinski definition) is 1. The molecule has 0 amide bonds. The van der Waals surface area contributed by atoms with E-state index in [1.165, 1.54) is 28.4 Å². The van der Waals surface area contributed by atoms with Crippen LogP contribution in [0.2, 0.25) is 0 Å². The number of hydrogen-bond donors (Lipinski definition) is 1. The fourth-order valence-corrected chi connectivity index (χ4v) is 2.49. The Bertz CT molecular complexity index is 301. The van der Waals surface area contributed by atoms with Crippen LogP contribution in [-0.4, -0.2) is 7.05 Å². The van der Waals surface area contributed by atoms with Crippen molar-refractivity contribution in [1.29, 1.82) is 0 Å². The Balaban J connectivity index is 0.000000845. The van der Waals surface area contributed by atoms with Gasteiger partial charge in [0.25, 0.3) is 0 Å². The Morgan fingerprint density at radius 3 is 2.92 bits per heavy atom. The van der Waals surface area contributed by atoms with Gasteiger partial charge in [0.15, 0.2) is 0 Å². The van der Waals surface area contributed by atoms with Crippen LogP contribution in [0.4, 0.5) is 0 Å². The first kappa shape index (κ1) is 11.0. The highest BCUT2D eigenvalue weighted by Gasteiger charge is 2.21. The summed E-state index contributed by atoms with van der Waals surface area (Å²) in [5.41, 5.74) is 2.95. The van der Waals surface area contributed by atoms with E-state index in [2.05, 4.69) is 39.4 Å². The summed E-state index contributed by atoms with van der Waals surface area (Å²) in [5, 5.41) is 3.33. The lowest BCUT2D eigenvalue weighted by Gasteiger charge is -2.09. The monoisotopic (exact) mass is 261 g/mol. The topological polar surface area (TPSA) is 12.0 Å². The molecule has 1 atom stereocenters. The fraction of sp³-hybridized carbons (Fsp3) is 0.400. The summed E-state index contributed by atoms with van der Waals surface area (Å²) in [6, 6.07) is 7.02. The van der Waals surface area contributed by atoms with E-state index >= 15 is 0 Å². The molecule has 72 valence electrons. The lowest BCUT2D eigenvalue weighted by atomic mass is 10.1. The van der Waals surface area contributed by atoms with Gasteiger partial charge in [-0.15, -0.1) is 12.4 Å². The standard InChI is InChI=1S/C10H12BrN.ClH/c1-12-10-6-5-7-8(10)3-2-4-9(7)11;/h2-4,10,12H,5-6H2,1H3;1H. The van der Waals surface area contributed by atoms with Gasteiger partial charge < -0.3 is 5.32 Å². The number of fused-ring (bicyclic) bond motifs is 1. The van der Waals surface area contributed by atoms with E-state index in [-0.39, 0.29) is 12.4 Å². The van der Waals surface area contributed by atoms with Gasteiger partial charge in [0.05, 0.1) is 0 Å². The van der Waals surface area contributed by atoms with Crippen LogP contribution in [0.3, 0.4) is 0 Å². The van der Waals surface area contributed by atoms with Crippen molar-refractivity contribution in [2.24, 2.45) is 0 Å². The lowest BCUT2D eigenvalue weighted by molar-refractivity contribution is 0.590. The van der Waals surface area contributed by atoms with Crippen LogP contribution in [0.1, 0.15) is 23.6 Å². The molecule has 0 heterocycles. The maximum atomic E-state index is 3.58. The molecule has 1 nitrogen and oxygen atoms in total. The highest BCUT2D eigenvalue weighted by Crippen LogP contribution is 2.34. The third-order valence-corrected chi connectivity index (χ3v) is 3.30. The van der Waals surface area contributed by atoms with Gasteiger partial charge in [-0.25, -0.2) is 0 Å². The molecule has 0 saturated heterocycles. The molecule has 0 spiro atoms. The molecule has 0 saturated carbocycles. The molecular formula is C10H13BrClN. The van der Waals surface area contributed by atoms with Crippen LogP contribution in [0.5, 0.6) is 0 Å². The van der Waals surface area contributed by atoms with Crippen molar-refractivity contribution in [1.82, 2.24) is 5.32 Å². The van der Waals surface area contributed by atoms with E-state index in [9.17, 15) is 0 Å². The van der Waals surface area contributed by atoms with E-state index in [0.29, 0.717) is 6.04 Å². The first-order chi connectivity index (χ1) is 5.83. The summed E-state index contributed by atoms with van der Waals surface area (Å²) in [5.74, 6) is 0. The predicted molar refractivity (Wildman–Crippen MR) is 61.5 cm³/mol. The van der Waals surface area contributed by atoms with Crippen LogP contribution in [-0.2, 0) is 6.42 Å². The molecule has 1 unspecified atom stereocenters. The minimum atomic E-state index is 0. The van der Waals surface area contributed by atoms with Gasteiger partial charge in [-0.2, -0.15) is 0 Å². The fourth-order valence-electron chi connectivity index (χ4n) is 1.91. The largest absolute Gasteiger partial charge is 0.313 e. The van der Waals surface area contributed by atoms with Crippen molar-refractivity contribution < 1.29 is 0 Å². The van der Waals surface area contributed by atoms with Gasteiger partial charge in [-0.1, -0.05) is 28.1 Å². The molecule has 1 aromatic carbocycles. The molecule has 0 bridgehead atoms. The molecule has 1 aromatic rings. The zero-order valence-corrected chi connectivity index (χ0v) is 9.91. The summed E-state index contributed by atoms with van der Waals surface area (Å²) < 4.78 is 1.26. The Hall–Kier alpha value is -0.0500. The van der Waals surface area contributed by atoms with Crippen molar-refractivity contribution in [3.05, 3.63) is 33.8 Å². The van der Waals surface area contributed by atoms with E-state index in [0.717, 1.165) is 0 Å². The quantitative estimate of drug-likeness (QED) is 0.820. The summed E-state index contributed by atoms with van der Waals surface area (Å²) in [6.45, 7) is 0. The molecule has 1 aliphatic carbocycles. The molecule has 0 fully saturated rings. The highest BCUT2D eigenvalue weighted by molar-refractivity contribution is 9.10. The van der Waals surface area contributed by atoms with Crippen LogP contribution in [0.25, 0.3) is 0 Å². The zero-order chi connectivity index (χ0) is 8.55. The zero-order valence-electron chi connectivity index (χ0n) is 7.51. The highest BCUT2D eigenvalue weighted by atomic mass is 79.9. The molecule has 13 heavy (non-hydrogen) atoms. The number of benzene rings is 1. The maximum Gasteiger partial charge on any atom is 0.0323 e. The molecule has 1 N–H and O–H groups in total. The van der Waals surface area contributed by atoms with Crippen molar-refractivity contribution >= 4 is 28.3 Å². The second kappa shape index (κ2) is 4.45. The van der Waals surface area contributed by atoms with E-state index in [1.54, 1.807) is 0 Å². The van der Waals surface area contributed by atoms with Crippen molar-refractivity contribution in [3.8, 4) is 0 Å². The first-order valence-corrected chi connectivity index (χ1v) is 5.07. The van der Waals surface area contributed by atoms with Gasteiger partial charge in [-0.3, -0.25) is 0 Å². The van der Waals surface area contributed by atoms with Crippen LogP contribution >= 0.6 is 28.3 Å². The summed E-state index contributed by atoms with van der Waals surface area (Å²) >= 11 is 3.58. The second-order valence-corrected chi connectivity index (χ2v) is 4.04. The Morgan fingerprint density at radius 1 is 1.46 bits per heavy atom. The Labute approximate surface area is 93.5 Å². The van der Waals surface area contributed by atoms with Crippen molar-refractivity contribution in [3.63, 3.8) is 0 Å². The van der Waals surface area contributed by atoms with Crippen LogP contribution in [0.15, 0.2) is 22.7 Å². The lowest BCUT2D eigenvalue weighted by Crippen LogP contribution is -2.12. The molecule has 0 aromatic heterocycles. The third-order valence-electron chi connectivity index (χ3n) is 2.56. The molecule has 0 radical (unpaired) electrons. The molecule has 1 aliphatic rings. The van der Waals surface area contributed by atoms with Gasteiger partial charge in [0, 0.05) is 10.5 Å².